The van der Waals surface area contributed by atoms with Gasteiger partial charge in [-0.25, -0.2) is 8.42 Å². The first-order valence-electron chi connectivity index (χ1n) is 8.70. The Morgan fingerprint density at radius 3 is 2.64 bits per heavy atom. The highest BCUT2D eigenvalue weighted by Crippen LogP contribution is 2.31. The van der Waals surface area contributed by atoms with Crippen LogP contribution in [0.3, 0.4) is 0 Å². The second-order valence-electron chi connectivity index (χ2n) is 5.96. The summed E-state index contributed by atoms with van der Waals surface area (Å²) >= 11 is 0. The fraction of sp³-hybridized carbons (Fsp3) is 0.588. The molecule has 1 aliphatic heterocycles. The SMILES string of the molecule is CCOc1ccc(NC(=O)CCCNC)cc1S(=O)(=O)N1CCCC1. The van der Waals surface area contributed by atoms with E-state index in [2.05, 4.69) is 10.6 Å². The van der Waals surface area contributed by atoms with E-state index < -0.39 is 10.0 Å². The first kappa shape index (κ1) is 19.7. The zero-order valence-electron chi connectivity index (χ0n) is 14.9. The van der Waals surface area contributed by atoms with Crippen LogP contribution >= 0.6 is 0 Å². The van der Waals surface area contributed by atoms with Gasteiger partial charge in [0.2, 0.25) is 15.9 Å². The lowest BCUT2D eigenvalue weighted by Gasteiger charge is -2.19. The third-order valence-electron chi connectivity index (χ3n) is 4.04. The van der Waals surface area contributed by atoms with E-state index in [-0.39, 0.29) is 10.8 Å². The summed E-state index contributed by atoms with van der Waals surface area (Å²) < 4.78 is 32.8. The van der Waals surface area contributed by atoms with Crippen LogP contribution in [0.1, 0.15) is 32.6 Å². The van der Waals surface area contributed by atoms with Crippen LogP contribution in [-0.4, -0.2) is 51.9 Å². The molecule has 0 aromatic heterocycles. The van der Waals surface area contributed by atoms with Crippen molar-refractivity contribution in [3.05, 3.63) is 18.2 Å². The van der Waals surface area contributed by atoms with Crippen molar-refractivity contribution in [2.24, 2.45) is 0 Å². The lowest BCUT2D eigenvalue weighted by Crippen LogP contribution is -2.28. The smallest absolute Gasteiger partial charge is 0.246 e. The van der Waals surface area contributed by atoms with Crippen molar-refractivity contribution in [2.75, 3.05) is 38.6 Å². The van der Waals surface area contributed by atoms with Crippen molar-refractivity contribution >= 4 is 21.6 Å². The number of nitrogens with one attached hydrogen (secondary N) is 2. The minimum Gasteiger partial charge on any atom is -0.492 e. The van der Waals surface area contributed by atoms with Crippen molar-refractivity contribution < 1.29 is 17.9 Å². The summed E-state index contributed by atoms with van der Waals surface area (Å²) in [6.07, 6.45) is 2.83. The Balaban J connectivity index is 2.22. The lowest BCUT2D eigenvalue weighted by molar-refractivity contribution is -0.116. The highest BCUT2D eigenvalue weighted by Gasteiger charge is 2.30. The van der Waals surface area contributed by atoms with Gasteiger partial charge in [-0.1, -0.05) is 0 Å². The van der Waals surface area contributed by atoms with Crippen molar-refractivity contribution in [3.8, 4) is 5.75 Å². The average molecular weight is 369 g/mol. The quantitative estimate of drug-likeness (QED) is 0.648. The topological polar surface area (TPSA) is 87.7 Å². The number of carbonyl (C=O) groups is 1. The maximum Gasteiger partial charge on any atom is 0.246 e. The minimum absolute atomic E-state index is 0.115. The van der Waals surface area contributed by atoms with Gasteiger partial charge in [0.05, 0.1) is 6.61 Å². The normalized spacial score (nSPS) is 15.3. The molecule has 2 rings (SSSR count). The van der Waals surface area contributed by atoms with E-state index >= 15 is 0 Å². The highest BCUT2D eigenvalue weighted by molar-refractivity contribution is 7.89. The number of hydrogen-bond acceptors (Lipinski definition) is 5. The number of hydrogen-bond donors (Lipinski definition) is 2. The number of rotatable bonds is 9. The number of nitrogens with zero attached hydrogens (tertiary/aromatic N) is 1. The molecule has 8 heteroatoms. The van der Waals surface area contributed by atoms with E-state index in [1.165, 1.54) is 10.4 Å². The van der Waals surface area contributed by atoms with Gasteiger partial charge in [0.25, 0.3) is 0 Å². The zero-order chi connectivity index (χ0) is 18.3. The Kier molecular flexibility index (Phi) is 7.22. The standard InChI is InChI=1S/C17H27N3O4S/c1-3-24-15-9-8-14(19-17(21)7-6-10-18-2)13-16(15)25(22,23)20-11-4-5-12-20/h8-9,13,18H,3-7,10-12H2,1-2H3,(H,19,21). The van der Waals surface area contributed by atoms with E-state index in [4.69, 9.17) is 4.74 Å². The molecular weight excluding hydrogens is 342 g/mol. The Bertz CT molecular complexity index is 685. The summed E-state index contributed by atoms with van der Waals surface area (Å²) in [5, 5.41) is 5.76. The van der Waals surface area contributed by atoms with Gasteiger partial charge >= 0.3 is 0 Å². The summed E-state index contributed by atoms with van der Waals surface area (Å²) in [5.74, 6) is 0.187. The highest BCUT2D eigenvalue weighted by atomic mass is 32.2. The number of sulfonamides is 1. The van der Waals surface area contributed by atoms with Crippen molar-refractivity contribution in [2.45, 2.75) is 37.5 Å². The molecule has 0 spiro atoms. The lowest BCUT2D eigenvalue weighted by atomic mass is 10.2. The van der Waals surface area contributed by atoms with E-state index in [9.17, 15) is 13.2 Å². The molecule has 0 aliphatic carbocycles. The molecule has 0 bridgehead atoms. The van der Waals surface area contributed by atoms with E-state index in [0.717, 1.165) is 25.8 Å². The van der Waals surface area contributed by atoms with E-state index in [0.29, 0.717) is 37.6 Å². The van der Waals surface area contributed by atoms with Crippen LogP contribution in [0.2, 0.25) is 0 Å². The molecule has 1 aromatic carbocycles. The molecule has 1 amide bonds. The molecule has 25 heavy (non-hydrogen) atoms. The molecule has 2 N–H and O–H groups in total. The molecular formula is C17H27N3O4S. The van der Waals surface area contributed by atoms with Crippen LogP contribution in [0.25, 0.3) is 0 Å². The number of anilines is 1. The summed E-state index contributed by atoms with van der Waals surface area (Å²) in [6.45, 7) is 3.98. The van der Waals surface area contributed by atoms with Gasteiger partial charge < -0.3 is 15.4 Å². The predicted molar refractivity (Wildman–Crippen MR) is 97.4 cm³/mol. The van der Waals surface area contributed by atoms with Crippen molar-refractivity contribution in [3.63, 3.8) is 0 Å². The molecule has 0 atom stereocenters. The van der Waals surface area contributed by atoms with Gasteiger partial charge in [-0.3, -0.25) is 4.79 Å². The molecule has 140 valence electrons. The van der Waals surface area contributed by atoms with Crippen LogP contribution < -0.4 is 15.4 Å². The van der Waals surface area contributed by atoms with E-state index in [1.807, 2.05) is 14.0 Å². The van der Waals surface area contributed by atoms with Gasteiger partial charge in [-0.15, -0.1) is 0 Å². The number of benzene rings is 1. The summed E-state index contributed by atoms with van der Waals surface area (Å²) in [6, 6.07) is 4.77. The van der Waals surface area contributed by atoms with Crippen molar-refractivity contribution in [1.82, 2.24) is 9.62 Å². The first-order chi connectivity index (χ1) is 12.0. The number of amides is 1. The third kappa shape index (κ3) is 5.17. The molecule has 1 heterocycles. The largest absolute Gasteiger partial charge is 0.492 e. The van der Waals surface area contributed by atoms with E-state index in [1.54, 1.807) is 12.1 Å². The fourth-order valence-corrected chi connectivity index (χ4v) is 4.45. The summed E-state index contributed by atoms with van der Waals surface area (Å²) in [7, 11) is -1.79. The van der Waals surface area contributed by atoms with Gasteiger partial charge in [-0.2, -0.15) is 4.31 Å². The fourth-order valence-electron chi connectivity index (χ4n) is 2.78. The van der Waals surface area contributed by atoms with Crippen LogP contribution in [0.15, 0.2) is 23.1 Å². The molecule has 0 saturated carbocycles. The molecule has 0 radical (unpaired) electrons. The summed E-state index contributed by atoms with van der Waals surface area (Å²) in [5.41, 5.74) is 0.468. The minimum atomic E-state index is -3.62. The van der Waals surface area contributed by atoms with Gasteiger partial charge in [0.1, 0.15) is 10.6 Å². The average Bonchev–Trinajstić information content (AvgIpc) is 3.12. The molecule has 7 nitrogen and oxygen atoms in total. The monoisotopic (exact) mass is 369 g/mol. The second kappa shape index (κ2) is 9.17. The van der Waals surface area contributed by atoms with Crippen molar-refractivity contribution in [1.29, 1.82) is 0 Å². The maximum absolute atomic E-state index is 12.9. The maximum atomic E-state index is 12.9. The Hall–Kier alpha value is -1.64. The molecule has 1 fully saturated rings. The van der Waals surface area contributed by atoms with Gasteiger partial charge in [-0.05, 0) is 58.0 Å². The zero-order valence-corrected chi connectivity index (χ0v) is 15.7. The Labute approximate surface area is 149 Å². The molecule has 1 saturated heterocycles. The van der Waals surface area contributed by atoms with Crippen LogP contribution in [0, 0.1) is 0 Å². The molecule has 0 unspecified atom stereocenters. The Morgan fingerprint density at radius 1 is 1.28 bits per heavy atom. The molecule has 1 aliphatic rings. The molecule has 1 aromatic rings. The summed E-state index contributed by atoms with van der Waals surface area (Å²) in [4.78, 5) is 12.1. The number of ether oxygens (including phenoxy) is 1. The second-order valence-corrected chi connectivity index (χ2v) is 7.87. The third-order valence-corrected chi connectivity index (χ3v) is 5.96. The van der Waals surface area contributed by atoms with Crippen LogP contribution in [0.4, 0.5) is 5.69 Å². The van der Waals surface area contributed by atoms with Crippen LogP contribution in [0.5, 0.6) is 5.75 Å². The number of carbonyl (C=O) groups excluding carboxylic acids is 1. The van der Waals surface area contributed by atoms with Gasteiger partial charge in [0.15, 0.2) is 0 Å². The van der Waals surface area contributed by atoms with Gasteiger partial charge in [0, 0.05) is 25.2 Å². The first-order valence-corrected chi connectivity index (χ1v) is 10.1. The van der Waals surface area contributed by atoms with Crippen LogP contribution in [-0.2, 0) is 14.8 Å². The Morgan fingerprint density at radius 2 is 2.00 bits per heavy atom. The predicted octanol–water partition coefficient (Wildman–Crippen LogP) is 1.81.